The van der Waals surface area contributed by atoms with E-state index in [0.29, 0.717) is 24.4 Å². The zero-order chi connectivity index (χ0) is 17.1. The molecule has 0 radical (unpaired) electrons. The van der Waals surface area contributed by atoms with Crippen LogP contribution in [0.1, 0.15) is 37.7 Å². The third-order valence-corrected chi connectivity index (χ3v) is 5.08. The quantitative estimate of drug-likeness (QED) is 0.785. The number of carbonyl (C=O) groups excluding carboxylic acids is 1. The van der Waals surface area contributed by atoms with E-state index < -0.39 is 17.5 Å². The minimum atomic E-state index is -1.42. The van der Waals surface area contributed by atoms with Gasteiger partial charge in [-0.25, -0.2) is 13.2 Å². The molecule has 24 heavy (non-hydrogen) atoms. The SMILES string of the molecule is O=C(CC1CCN(Cc2cc(F)c(F)c(F)c2)CC1)N1CCCC1. The lowest BCUT2D eigenvalue weighted by atomic mass is 9.92. The van der Waals surface area contributed by atoms with Crippen LogP contribution in [-0.4, -0.2) is 41.9 Å². The van der Waals surface area contributed by atoms with E-state index in [-0.39, 0.29) is 5.91 Å². The molecule has 0 N–H and O–H groups in total. The number of benzene rings is 1. The van der Waals surface area contributed by atoms with Gasteiger partial charge in [-0.1, -0.05) is 0 Å². The maximum Gasteiger partial charge on any atom is 0.222 e. The molecule has 0 atom stereocenters. The number of halogens is 3. The summed E-state index contributed by atoms with van der Waals surface area (Å²) in [5, 5.41) is 0. The second-order valence-corrected chi connectivity index (χ2v) is 6.88. The molecule has 2 aliphatic heterocycles. The van der Waals surface area contributed by atoms with Crippen LogP contribution in [0.15, 0.2) is 12.1 Å². The summed E-state index contributed by atoms with van der Waals surface area (Å²) in [5.74, 6) is -3.06. The van der Waals surface area contributed by atoms with Crippen LogP contribution in [0.4, 0.5) is 13.2 Å². The van der Waals surface area contributed by atoms with Crippen LogP contribution in [0, 0.1) is 23.4 Å². The number of hydrogen-bond acceptors (Lipinski definition) is 2. The van der Waals surface area contributed by atoms with Crippen molar-refractivity contribution in [2.45, 2.75) is 38.6 Å². The van der Waals surface area contributed by atoms with Crippen molar-refractivity contribution in [1.82, 2.24) is 9.80 Å². The molecule has 0 aliphatic carbocycles. The standard InChI is InChI=1S/C18H23F3N2O/c19-15-9-14(10-16(20)18(15)21)12-22-7-3-13(4-8-22)11-17(24)23-5-1-2-6-23/h9-10,13H,1-8,11-12H2. The third kappa shape index (κ3) is 4.09. The van der Waals surface area contributed by atoms with Crippen LogP contribution in [0.5, 0.6) is 0 Å². The molecule has 0 unspecified atom stereocenters. The summed E-state index contributed by atoms with van der Waals surface area (Å²) in [7, 11) is 0. The Labute approximate surface area is 140 Å². The Hall–Kier alpha value is -1.56. The number of piperidine rings is 1. The molecule has 2 fully saturated rings. The summed E-state index contributed by atoms with van der Waals surface area (Å²) in [6, 6.07) is 2.11. The Morgan fingerprint density at radius 1 is 1.00 bits per heavy atom. The van der Waals surface area contributed by atoms with Crippen molar-refractivity contribution < 1.29 is 18.0 Å². The molecule has 1 aromatic carbocycles. The Balaban J connectivity index is 1.47. The number of carbonyl (C=O) groups is 1. The largest absolute Gasteiger partial charge is 0.343 e. The van der Waals surface area contributed by atoms with Crippen molar-refractivity contribution in [2.24, 2.45) is 5.92 Å². The van der Waals surface area contributed by atoms with Gasteiger partial charge >= 0.3 is 0 Å². The normalized spacial score (nSPS) is 19.9. The van der Waals surface area contributed by atoms with Crippen molar-refractivity contribution in [2.75, 3.05) is 26.2 Å². The van der Waals surface area contributed by atoms with Gasteiger partial charge in [0.05, 0.1) is 0 Å². The summed E-state index contributed by atoms with van der Waals surface area (Å²) in [6.45, 7) is 3.76. The highest BCUT2D eigenvalue weighted by Crippen LogP contribution is 2.24. The second kappa shape index (κ2) is 7.55. The van der Waals surface area contributed by atoms with E-state index in [0.717, 1.165) is 64.0 Å². The maximum absolute atomic E-state index is 13.3. The molecule has 1 amide bonds. The first-order valence-electron chi connectivity index (χ1n) is 8.66. The predicted molar refractivity (Wildman–Crippen MR) is 84.7 cm³/mol. The van der Waals surface area contributed by atoms with Gasteiger partial charge in [-0.3, -0.25) is 9.69 Å². The van der Waals surface area contributed by atoms with Gasteiger partial charge in [-0.05, 0) is 62.4 Å². The molecule has 0 bridgehead atoms. The monoisotopic (exact) mass is 340 g/mol. The number of nitrogens with zero attached hydrogens (tertiary/aromatic N) is 2. The minimum Gasteiger partial charge on any atom is -0.343 e. The molecule has 132 valence electrons. The van der Waals surface area contributed by atoms with E-state index in [4.69, 9.17) is 0 Å². The number of rotatable bonds is 4. The van der Waals surface area contributed by atoms with Crippen molar-refractivity contribution >= 4 is 5.91 Å². The predicted octanol–water partition coefficient (Wildman–Crippen LogP) is 3.33. The lowest BCUT2D eigenvalue weighted by Crippen LogP contribution is -2.36. The molecule has 1 aromatic rings. The van der Waals surface area contributed by atoms with Crippen molar-refractivity contribution in [1.29, 1.82) is 0 Å². The van der Waals surface area contributed by atoms with Gasteiger partial charge in [-0.2, -0.15) is 0 Å². The van der Waals surface area contributed by atoms with E-state index in [1.54, 1.807) is 0 Å². The highest BCUT2D eigenvalue weighted by Gasteiger charge is 2.25. The van der Waals surface area contributed by atoms with Gasteiger partial charge < -0.3 is 4.90 Å². The Bertz CT molecular complexity index is 571. The van der Waals surface area contributed by atoms with Crippen LogP contribution in [0.25, 0.3) is 0 Å². The number of hydrogen-bond donors (Lipinski definition) is 0. The van der Waals surface area contributed by atoms with E-state index in [2.05, 4.69) is 4.90 Å². The highest BCUT2D eigenvalue weighted by atomic mass is 19.2. The van der Waals surface area contributed by atoms with Gasteiger partial charge in [0.15, 0.2) is 17.5 Å². The average Bonchev–Trinajstić information content (AvgIpc) is 3.09. The highest BCUT2D eigenvalue weighted by molar-refractivity contribution is 5.76. The van der Waals surface area contributed by atoms with E-state index in [1.807, 2.05) is 4.90 Å². The fourth-order valence-electron chi connectivity index (χ4n) is 3.65. The first-order chi connectivity index (χ1) is 11.5. The first-order valence-corrected chi connectivity index (χ1v) is 8.66. The molecule has 6 heteroatoms. The maximum atomic E-state index is 13.3. The summed E-state index contributed by atoms with van der Waals surface area (Å²) >= 11 is 0. The summed E-state index contributed by atoms with van der Waals surface area (Å²) in [6.07, 6.45) is 4.63. The second-order valence-electron chi connectivity index (χ2n) is 6.88. The Kier molecular flexibility index (Phi) is 5.43. The van der Waals surface area contributed by atoms with Crippen LogP contribution in [-0.2, 0) is 11.3 Å². The third-order valence-electron chi connectivity index (χ3n) is 5.08. The lowest BCUT2D eigenvalue weighted by molar-refractivity contribution is -0.131. The van der Waals surface area contributed by atoms with Crippen LogP contribution in [0.2, 0.25) is 0 Å². The van der Waals surface area contributed by atoms with E-state index in [1.165, 1.54) is 0 Å². The molecule has 0 spiro atoms. The zero-order valence-electron chi connectivity index (χ0n) is 13.7. The Morgan fingerprint density at radius 2 is 1.58 bits per heavy atom. The van der Waals surface area contributed by atoms with Crippen LogP contribution >= 0.6 is 0 Å². The fourth-order valence-corrected chi connectivity index (χ4v) is 3.65. The molecule has 3 rings (SSSR count). The van der Waals surface area contributed by atoms with Gasteiger partial charge in [0, 0.05) is 26.1 Å². The van der Waals surface area contributed by atoms with Crippen molar-refractivity contribution in [3.63, 3.8) is 0 Å². The molecular formula is C18H23F3N2O. The number of amides is 1. The summed E-state index contributed by atoms with van der Waals surface area (Å²) in [5.41, 5.74) is 0.443. The molecule has 3 nitrogen and oxygen atoms in total. The average molecular weight is 340 g/mol. The van der Waals surface area contributed by atoms with Crippen molar-refractivity contribution in [3.05, 3.63) is 35.1 Å². The van der Waals surface area contributed by atoms with Crippen molar-refractivity contribution in [3.8, 4) is 0 Å². The van der Waals surface area contributed by atoms with E-state index >= 15 is 0 Å². The van der Waals surface area contributed by atoms with Crippen LogP contribution in [0.3, 0.4) is 0 Å². The molecule has 0 aromatic heterocycles. The zero-order valence-corrected chi connectivity index (χ0v) is 13.7. The topological polar surface area (TPSA) is 23.6 Å². The molecule has 2 aliphatic rings. The lowest BCUT2D eigenvalue weighted by Gasteiger charge is -2.32. The smallest absolute Gasteiger partial charge is 0.222 e. The number of likely N-dealkylation sites (tertiary alicyclic amines) is 2. The molecule has 2 heterocycles. The first kappa shape index (κ1) is 17.3. The van der Waals surface area contributed by atoms with Crippen LogP contribution < -0.4 is 0 Å². The van der Waals surface area contributed by atoms with Gasteiger partial charge in [-0.15, -0.1) is 0 Å². The van der Waals surface area contributed by atoms with Gasteiger partial charge in [0.2, 0.25) is 5.91 Å². The molecular weight excluding hydrogens is 317 g/mol. The molecule has 0 saturated carbocycles. The van der Waals surface area contributed by atoms with Gasteiger partial charge in [0.1, 0.15) is 0 Å². The summed E-state index contributed by atoms with van der Waals surface area (Å²) < 4.78 is 39.5. The minimum absolute atomic E-state index is 0.258. The fraction of sp³-hybridized carbons (Fsp3) is 0.611. The summed E-state index contributed by atoms with van der Waals surface area (Å²) in [4.78, 5) is 16.2. The van der Waals surface area contributed by atoms with E-state index in [9.17, 15) is 18.0 Å². The molecule has 2 saturated heterocycles. The Morgan fingerprint density at radius 3 is 2.17 bits per heavy atom. The van der Waals surface area contributed by atoms with Gasteiger partial charge in [0.25, 0.3) is 0 Å².